The van der Waals surface area contributed by atoms with Gasteiger partial charge in [-0.2, -0.15) is 0 Å². The van der Waals surface area contributed by atoms with Gasteiger partial charge in [-0.3, -0.25) is 0 Å². The number of aliphatic hydroxyl groups excluding tert-OH is 1. The van der Waals surface area contributed by atoms with E-state index in [1.54, 1.807) is 14.2 Å². The molecular weight excluding hydrogens is 476 g/mol. The van der Waals surface area contributed by atoms with Crippen molar-refractivity contribution in [2.75, 3.05) is 14.2 Å². The Bertz CT molecular complexity index is 1060. The van der Waals surface area contributed by atoms with Gasteiger partial charge >= 0.3 is 5.97 Å². The first-order valence-corrected chi connectivity index (χ1v) is 13.8. The number of unbranched alkanes of at least 4 members (excludes halogenated alkanes) is 7. The molecule has 1 atom stereocenters. The number of carboxylic acid groups (broad SMARTS) is 1. The number of methoxy groups -OCH3 is 2. The molecule has 1 unspecified atom stereocenters. The van der Waals surface area contributed by atoms with E-state index < -0.39 is 12.1 Å². The van der Waals surface area contributed by atoms with Crippen LogP contribution in [0.25, 0.3) is 0 Å². The Kier molecular flexibility index (Phi) is 11.7. The average molecular weight is 519 g/mol. The van der Waals surface area contributed by atoms with Crippen LogP contribution in [0.2, 0.25) is 0 Å². The van der Waals surface area contributed by atoms with Gasteiger partial charge in [-0.15, -0.1) is 0 Å². The summed E-state index contributed by atoms with van der Waals surface area (Å²) in [5.41, 5.74) is 3.20. The summed E-state index contributed by atoms with van der Waals surface area (Å²) in [6, 6.07) is 27.6. The predicted octanol–water partition coefficient (Wildman–Crippen LogP) is 7.38. The highest BCUT2D eigenvalue weighted by atomic mass is 16.5. The van der Waals surface area contributed by atoms with Crippen LogP contribution in [0.5, 0.6) is 11.5 Å². The molecule has 0 aromatic heterocycles. The number of carbonyl (C=O) groups is 1. The summed E-state index contributed by atoms with van der Waals surface area (Å²) in [7, 11) is 3.40. The number of benzene rings is 3. The number of hydrogen-bond donors (Lipinski definition) is 2. The summed E-state index contributed by atoms with van der Waals surface area (Å²) in [6.45, 7) is 0. The van der Waals surface area contributed by atoms with Gasteiger partial charge in [-0.25, -0.2) is 4.79 Å². The van der Waals surface area contributed by atoms with Crippen LogP contribution in [-0.2, 0) is 10.2 Å². The van der Waals surface area contributed by atoms with Gasteiger partial charge in [0.1, 0.15) is 0 Å². The maximum Gasteiger partial charge on any atom is 0.332 e. The second-order valence-electron chi connectivity index (χ2n) is 9.90. The van der Waals surface area contributed by atoms with Crippen LogP contribution in [0, 0.1) is 0 Å². The fraction of sp³-hybridized carbons (Fsp3) is 0.424. The van der Waals surface area contributed by atoms with E-state index in [-0.39, 0.29) is 5.41 Å². The van der Waals surface area contributed by atoms with E-state index >= 15 is 0 Å². The maximum atomic E-state index is 10.7. The minimum Gasteiger partial charge on any atom is -0.493 e. The van der Waals surface area contributed by atoms with Gasteiger partial charge in [0.25, 0.3) is 0 Å². The molecule has 204 valence electrons. The zero-order valence-corrected chi connectivity index (χ0v) is 22.8. The van der Waals surface area contributed by atoms with Crippen LogP contribution in [0.15, 0.2) is 78.9 Å². The third-order valence-corrected chi connectivity index (χ3v) is 7.46. The van der Waals surface area contributed by atoms with Crippen molar-refractivity contribution in [3.63, 3.8) is 0 Å². The van der Waals surface area contributed by atoms with Gasteiger partial charge in [0, 0.05) is 11.0 Å². The molecule has 0 aliphatic rings. The fourth-order valence-electron chi connectivity index (χ4n) is 5.48. The standard InChI is InChI=1S/C33H42O5/c1-37-30-24-17-22-28(31(30)38-2)33(26-18-11-9-12-19-26,27-20-13-10-14-21-27)25-16-8-6-4-3-5-7-15-23-29(34)32(35)36/h9-14,17-22,24,29,34H,3-8,15-16,23,25H2,1-2H3,(H,35,36). The molecule has 0 aliphatic heterocycles. The zero-order chi connectivity index (χ0) is 27.2. The SMILES string of the molecule is COc1cccc(C(CCCCCCCCCCC(O)C(=O)O)(c2ccccc2)c2ccccc2)c1OC. The molecule has 0 heterocycles. The first kappa shape index (κ1) is 29.2. The van der Waals surface area contributed by atoms with E-state index in [1.807, 2.05) is 12.1 Å². The summed E-state index contributed by atoms with van der Waals surface area (Å²) in [6.07, 6.45) is 8.49. The quantitative estimate of drug-likeness (QED) is 0.144. The summed E-state index contributed by atoms with van der Waals surface area (Å²) >= 11 is 0. The molecule has 5 nitrogen and oxygen atoms in total. The van der Waals surface area contributed by atoms with Gasteiger partial charge in [-0.05, 0) is 30.0 Å². The summed E-state index contributed by atoms with van der Waals surface area (Å²) in [5.74, 6) is 0.381. The van der Waals surface area contributed by atoms with E-state index in [9.17, 15) is 9.90 Å². The Hall–Kier alpha value is -3.31. The normalized spacial score (nSPS) is 12.2. The van der Waals surface area contributed by atoms with Crippen molar-refractivity contribution in [1.29, 1.82) is 0 Å². The highest BCUT2D eigenvalue weighted by Gasteiger charge is 2.39. The van der Waals surface area contributed by atoms with Gasteiger partial charge in [0.15, 0.2) is 17.6 Å². The molecule has 0 fully saturated rings. The van der Waals surface area contributed by atoms with E-state index in [0.717, 1.165) is 74.8 Å². The Morgan fingerprint density at radius 2 is 1.24 bits per heavy atom. The molecule has 0 aliphatic carbocycles. The largest absolute Gasteiger partial charge is 0.493 e. The molecule has 5 heteroatoms. The summed E-state index contributed by atoms with van der Waals surface area (Å²) in [4.78, 5) is 10.7. The van der Waals surface area contributed by atoms with Crippen molar-refractivity contribution in [3.05, 3.63) is 95.6 Å². The van der Waals surface area contributed by atoms with Crippen LogP contribution in [-0.4, -0.2) is 36.5 Å². The number of carboxylic acids is 1. The third kappa shape index (κ3) is 7.38. The predicted molar refractivity (Wildman–Crippen MR) is 152 cm³/mol. The molecule has 0 spiro atoms. The van der Waals surface area contributed by atoms with E-state index in [2.05, 4.69) is 66.7 Å². The lowest BCUT2D eigenvalue weighted by Crippen LogP contribution is -2.30. The van der Waals surface area contributed by atoms with E-state index in [4.69, 9.17) is 14.6 Å². The van der Waals surface area contributed by atoms with Crippen molar-refractivity contribution in [3.8, 4) is 11.5 Å². The third-order valence-electron chi connectivity index (χ3n) is 7.46. The summed E-state index contributed by atoms with van der Waals surface area (Å²) in [5, 5.41) is 18.2. The number of ether oxygens (including phenoxy) is 2. The van der Waals surface area contributed by atoms with Crippen LogP contribution in [0.4, 0.5) is 0 Å². The number of aliphatic carboxylic acids is 1. The van der Waals surface area contributed by atoms with E-state index in [0.29, 0.717) is 6.42 Å². The minimum atomic E-state index is -1.23. The smallest absolute Gasteiger partial charge is 0.332 e. The van der Waals surface area contributed by atoms with Crippen LogP contribution in [0.3, 0.4) is 0 Å². The van der Waals surface area contributed by atoms with Crippen molar-refractivity contribution < 1.29 is 24.5 Å². The number of hydrogen-bond acceptors (Lipinski definition) is 4. The zero-order valence-electron chi connectivity index (χ0n) is 22.8. The van der Waals surface area contributed by atoms with Gasteiger partial charge in [0.05, 0.1) is 14.2 Å². The molecular formula is C33H42O5. The van der Waals surface area contributed by atoms with Crippen molar-refractivity contribution in [2.45, 2.75) is 75.7 Å². The molecule has 38 heavy (non-hydrogen) atoms. The van der Waals surface area contributed by atoms with Crippen LogP contribution in [0.1, 0.15) is 80.9 Å². The molecule has 3 aromatic carbocycles. The lowest BCUT2D eigenvalue weighted by atomic mass is 9.66. The Morgan fingerprint density at radius 1 is 0.711 bits per heavy atom. The minimum absolute atomic E-state index is 0.337. The van der Waals surface area contributed by atoms with Crippen LogP contribution < -0.4 is 9.47 Å². The van der Waals surface area contributed by atoms with Crippen LogP contribution >= 0.6 is 0 Å². The number of aliphatic hydroxyl groups is 1. The fourth-order valence-corrected chi connectivity index (χ4v) is 5.48. The Labute approximate surface area is 227 Å². The second-order valence-corrected chi connectivity index (χ2v) is 9.90. The average Bonchev–Trinajstić information content (AvgIpc) is 2.96. The van der Waals surface area contributed by atoms with Crippen molar-refractivity contribution >= 4 is 5.97 Å². The highest BCUT2D eigenvalue weighted by Crippen LogP contribution is 2.49. The topological polar surface area (TPSA) is 76.0 Å². The monoisotopic (exact) mass is 518 g/mol. The molecule has 0 radical (unpaired) electrons. The number of rotatable bonds is 17. The highest BCUT2D eigenvalue weighted by molar-refractivity contribution is 5.71. The Balaban J connectivity index is 1.74. The van der Waals surface area contributed by atoms with Gasteiger partial charge < -0.3 is 19.7 Å². The van der Waals surface area contributed by atoms with Gasteiger partial charge in [-0.1, -0.05) is 124 Å². The lowest BCUT2D eigenvalue weighted by molar-refractivity contribution is -0.146. The molecule has 0 bridgehead atoms. The maximum absolute atomic E-state index is 10.7. The molecule has 0 saturated carbocycles. The molecule has 2 N–H and O–H groups in total. The molecule has 0 saturated heterocycles. The van der Waals surface area contributed by atoms with Crippen molar-refractivity contribution in [2.24, 2.45) is 0 Å². The molecule has 3 aromatic rings. The molecule has 0 amide bonds. The number of para-hydroxylation sites is 1. The van der Waals surface area contributed by atoms with E-state index in [1.165, 1.54) is 11.1 Å². The van der Waals surface area contributed by atoms with Gasteiger partial charge in [0.2, 0.25) is 0 Å². The van der Waals surface area contributed by atoms with Crippen molar-refractivity contribution in [1.82, 2.24) is 0 Å². The Morgan fingerprint density at radius 3 is 1.74 bits per heavy atom. The first-order valence-electron chi connectivity index (χ1n) is 13.8. The summed E-state index contributed by atoms with van der Waals surface area (Å²) < 4.78 is 11.7. The lowest BCUT2D eigenvalue weighted by Gasteiger charge is -2.37. The first-order chi connectivity index (χ1) is 18.5. The molecule has 3 rings (SSSR count). The second kappa shape index (κ2) is 15.2.